The first-order valence-corrected chi connectivity index (χ1v) is 7.69. The first-order chi connectivity index (χ1) is 8.50. The Morgan fingerprint density at radius 3 is 2.17 bits per heavy atom. The quantitative estimate of drug-likeness (QED) is 0.709. The fourth-order valence-corrected chi connectivity index (χ4v) is 3.31. The van der Waals surface area contributed by atoms with E-state index in [1.807, 2.05) is 6.92 Å². The van der Waals surface area contributed by atoms with Gasteiger partial charge in [-0.1, -0.05) is 27.7 Å². The fraction of sp³-hybridized carbons (Fsp3) is 0.938. The number of carbonyl (C=O) groups excluding carboxylic acids is 1. The minimum absolute atomic E-state index is 0.225. The molecule has 0 saturated heterocycles. The van der Waals surface area contributed by atoms with Gasteiger partial charge >= 0.3 is 0 Å². The highest BCUT2D eigenvalue weighted by Crippen LogP contribution is 2.37. The van der Waals surface area contributed by atoms with E-state index in [0.29, 0.717) is 18.3 Å². The van der Waals surface area contributed by atoms with Crippen molar-refractivity contribution < 1.29 is 9.53 Å². The molecule has 1 aliphatic rings. The van der Waals surface area contributed by atoms with Crippen molar-refractivity contribution in [1.29, 1.82) is 0 Å². The zero-order valence-electron chi connectivity index (χ0n) is 12.8. The lowest BCUT2D eigenvalue weighted by Crippen LogP contribution is -2.46. The number of hydrogen-bond donors (Lipinski definition) is 0. The number of hydrogen-bond acceptors (Lipinski definition) is 2. The molecule has 3 unspecified atom stereocenters. The molecule has 2 nitrogen and oxygen atoms in total. The number of carbonyl (C=O) groups is 1. The van der Waals surface area contributed by atoms with Crippen molar-refractivity contribution in [2.24, 2.45) is 17.8 Å². The third-order valence-corrected chi connectivity index (χ3v) is 4.98. The van der Waals surface area contributed by atoms with Crippen molar-refractivity contribution in [3.63, 3.8) is 0 Å². The average molecular weight is 254 g/mol. The van der Waals surface area contributed by atoms with Gasteiger partial charge in [-0.15, -0.1) is 0 Å². The summed E-state index contributed by atoms with van der Waals surface area (Å²) in [5.41, 5.74) is -0.514. The van der Waals surface area contributed by atoms with Gasteiger partial charge in [0.1, 0.15) is 5.60 Å². The predicted molar refractivity (Wildman–Crippen MR) is 75.6 cm³/mol. The van der Waals surface area contributed by atoms with Gasteiger partial charge in [-0.2, -0.15) is 0 Å². The molecule has 0 spiro atoms. The number of rotatable bonds is 6. The fourth-order valence-electron chi connectivity index (χ4n) is 3.31. The molecule has 0 amide bonds. The Hall–Kier alpha value is -0.370. The van der Waals surface area contributed by atoms with Gasteiger partial charge in [0.2, 0.25) is 0 Å². The van der Waals surface area contributed by atoms with Crippen LogP contribution in [-0.2, 0) is 9.53 Å². The summed E-state index contributed by atoms with van der Waals surface area (Å²) in [5, 5.41) is 0. The molecule has 0 N–H and O–H groups in total. The summed E-state index contributed by atoms with van der Waals surface area (Å²) >= 11 is 0. The van der Waals surface area contributed by atoms with Crippen LogP contribution in [0.5, 0.6) is 0 Å². The van der Waals surface area contributed by atoms with Crippen LogP contribution >= 0.6 is 0 Å². The molecule has 0 aromatic rings. The van der Waals surface area contributed by atoms with E-state index in [2.05, 4.69) is 27.7 Å². The SMILES string of the molecule is CCOC(CC)(CC)C(=O)C1CCC(C)C(C)C1. The molecular weight excluding hydrogens is 224 g/mol. The largest absolute Gasteiger partial charge is 0.368 e. The monoisotopic (exact) mass is 254 g/mol. The second kappa shape index (κ2) is 6.70. The topological polar surface area (TPSA) is 26.3 Å². The van der Waals surface area contributed by atoms with E-state index < -0.39 is 5.60 Å². The molecule has 0 heterocycles. The Balaban J connectivity index is 2.77. The van der Waals surface area contributed by atoms with Gasteiger partial charge < -0.3 is 4.74 Å². The minimum Gasteiger partial charge on any atom is -0.368 e. The molecule has 106 valence electrons. The summed E-state index contributed by atoms with van der Waals surface area (Å²) in [6.07, 6.45) is 4.90. The lowest BCUT2D eigenvalue weighted by atomic mass is 9.70. The Morgan fingerprint density at radius 2 is 1.72 bits per heavy atom. The van der Waals surface area contributed by atoms with Crippen LogP contribution in [0.25, 0.3) is 0 Å². The third-order valence-electron chi connectivity index (χ3n) is 4.98. The minimum atomic E-state index is -0.514. The van der Waals surface area contributed by atoms with E-state index in [1.165, 1.54) is 6.42 Å². The highest BCUT2D eigenvalue weighted by molar-refractivity contribution is 5.89. The van der Waals surface area contributed by atoms with Crippen molar-refractivity contribution >= 4 is 5.78 Å². The normalized spacial score (nSPS) is 29.3. The van der Waals surface area contributed by atoms with E-state index in [4.69, 9.17) is 4.74 Å². The average Bonchev–Trinajstić information content (AvgIpc) is 2.38. The summed E-state index contributed by atoms with van der Waals surface area (Å²) in [7, 11) is 0. The molecule has 0 aliphatic heterocycles. The molecule has 1 saturated carbocycles. The van der Waals surface area contributed by atoms with Gasteiger partial charge in [0, 0.05) is 12.5 Å². The van der Waals surface area contributed by atoms with Crippen LogP contribution in [0.3, 0.4) is 0 Å². The second-order valence-corrected chi connectivity index (χ2v) is 5.96. The van der Waals surface area contributed by atoms with Gasteiger partial charge in [0.25, 0.3) is 0 Å². The third kappa shape index (κ3) is 3.14. The van der Waals surface area contributed by atoms with Gasteiger partial charge in [0.15, 0.2) is 5.78 Å². The summed E-state index contributed by atoms with van der Waals surface area (Å²) in [6.45, 7) is 11.4. The summed E-state index contributed by atoms with van der Waals surface area (Å²) < 4.78 is 5.86. The molecule has 1 rings (SSSR count). The van der Waals surface area contributed by atoms with Gasteiger partial charge in [0.05, 0.1) is 0 Å². The maximum Gasteiger partial charge on any atom is 0.167 e. The van der Waals surface area contributed by atoms with Crippen molar-refractivity contribution in [1.82, 2.24) is 0 Å². The standard InChI is InChI=1S/C16H30O2/c1-6-16(7-2,18-8-3)15(17)14-10-9-12(4)13(5)11-14/h12-14H,6-11H2,1-5H3. The Labute approximate surface area is 112 Å². The zero-order valence-corrected chi connectivity index (χ0v) is 12.8. The first-order valence-electron chi connectivity index (χ1n) is 7.69. The Bertz CT molecular complexity index is 268. The zero-order chi connectivity index (χ0) is 13.8. The second-order valence-electron chi connectivity index (χ2n) is 5.96. The molecule has 3 atom stereocenters. The molecule has 0 radical (unpaired) electrons. The van der Waals surface area contributed by atoms with E-state index >= 15 is 0 Å². The summed E-state index contributed by atoms with van der Waals surface area (Å²) in [4.78, 5) is 12.8. The lowest BCUT2D eigenvalue weighted by Gasteiger charge is -2.38. The molecule has 1 aliphatic carbocycles. The highest BCUT2D eigenvalue weighted by atomic mass is 16.5. The predicted octanol–water partition coefficient (Wildman–Crippen LogP) is 4.22. The molecule has 0 aromatic heterocycles. The van der Waals surface area contributed by atoms with E-state index in [0.717, 1.165) is 31.6 Å². The van der Waals surface area contributed by atoms with Gasteiger partial charge in [-0.05, 0) is 50.9 Å². The molecule has 0 bridgehead atoms. The van der Waals surface area contributed by atoms with Crippen LogP contribution in [-0.4, -0.2) is 18.0 Å². The van der Waals surface area contributed by atoms with Crippen LogP contribution in [0.15, 0.2) is 0 Å². The molecular formula is C16H30O2. The summed E-state index contributed by atoms with van der Waals surface area (Å²) in [6, 6.07) is 0. The molecule has 1 fully saturated rings. The van der Waals surface area contributed by atoms with Crippen molar-refractivity contribution in [3.05, 3.63) is 0 Å². The maximum absolute atomic E-state index is 12.8. The first kappa shape index (κ1) is 15.7. The van der Waals surface area contributed by atoms with E-state index in [1.54, 1.807) is 0 Å². The Morgan fingerprint density at radius 1 is 1.11 bits per heavy atom. The van der Waals surface area contributed by atoms with Crippen molar-refractivity contribution in [2.45, 2.75) is 72.3 Å². The maximum atomic E-state index is 12.8. The molecule has 2 heteroatoms. The van der Waals surface area contributed by atoms with Crippen LogP contribution < -0.4 is 0 Å². The lowest BCUT2D eigenvalue weighted by molar-refractivity contribution is -0.151. The van der Waals surface area contributed by atoms with Gasteiger partial charge in [-0.25, -0.2) is 0 Å². The molecule has 18 heavy (non-hydrogen) atoms. The van der Waals surface area contributed by atoms with Gasteiger partial charge in [-0.3, -0.25) is 4.79 Å². The van der Waals surface area contributed by atoms with Crippen LogP contribution in [0.4, 0.5) is 0 Å². The van der Waals surface area contributed by atoms with Crippen molar-refractivity contribution in [2.75, 3.05) is 6.61 Å². The van der Waals surface area contributed by atoms with E-state index in [9.17, 15) is 4.79 Å². The van der Waals surface area contributed by atoms with E-state index in [-0.39, 0.29) is 5.92 Å². The van der Waals surface area contributed by atoms with Crippen molar-refractivity contribution in [3.8, 4) is 0 Å². The van der Waals surface area contributed by atoms with Crippen LogP contribution in [0, 0.1) is 17.8 Å². The number of ether oxygens (including phenoxy) is 1. The van der Waals surface area contributed by atoms with Crippen LogP contribution in [0.1, 0.15) is 66.7 Å². The molecule has 0 aromatic carbocycles. The number of Topliss-reactive ketones (excluding diaryl/α,β-unsaturated/α-hetero) is 1. The number of ketones is 1. The highest BCUT2D eigenvalue weighted by Gasteiger charge is 2.41. The van der Waals surface area contributed by atoms with Crippen LogP contribution in [0.2, 0.25) is 0 Å². The smallest absolute Gasteiger partial charge is 0.167 e. The Kier molecular flexibility index (Phi) is 5.84. The summed E-state index contributed by atoms with van der Waals surface area (Å²) in [5.74, 6) is 2.02.